The van der Waals surface area contributed by atoms with Crippen molar-refractivity contribution in [1.82, 2.24) is 10.2 Å². The Labute approximate surface area is 156 Å². The van der Waals surface area contributed by atoms with Gasteiger partial charge < -0.3 is 20.4 Å². The van der Waals surface area contributed by atoms with Crippen LogP contribution in [0.4, 0.5) is 4.79 Å². The molecular weight excluding hydrogens is 348 g/mol. The third kappa shape index (κ3) is 4.25. The highest BCUT2D eigenvalue weighted by atomic mass is 16.4. The van der Waals surface area contributed by atoms with Gasteiger partial charge in [0.15, 0.2) is 0 Å². The molecular formula is C20H20N2O5. The number of amides is 2. The molecule has 0 bridgehead atoms. The van der Waals surface area contributed by atoms with E-state index in [1.54, 1.807) is 24.3 Å². The molecule has 0 aromatic heterocycles. The second-order valence-corrected chi connectivity index (χ2v) is 6.48. The van der Waals surface area contributed by atoms with Gasteiger partial charge in [-0.05, 0) is 16.7 Å². The number of nitrogens with one attached hydrogen (secondary N) is 1. The lowest BCUT2D eigenvalue weighted by Gasteiger charge is -2.35. The van der Waals surface area contributed by atoms with Crippen LogP contribution in [-0.4, -0.2) is 45.2 Å². The number of nitrogens with zero attached hydrogens (tertiary/aromatic N) is 1. The van der Waals surface area contributed by atoms with Crippen molar-refractivity contribution in [3.63, 3.8) is 0 Å². The molecule has 2 aromatic rings. The summed E-state index contributed by atoms with van der Waals surface area (Å²) >= 11 is 0. The fourth-order valence-corrected chi connectivity index (χ4v) is 3.24. The molecule has 1 heterocycles. The Morgan fingerprint density at radius 3 is 2.26 bits per heavy atom. The van der Waals surface area contributed by atoms with E-state index in [0.29, 0.717) is 0 Å². The van der Waals surface area contributed by atoms with Gasteiger partial charge in [-0.25, -0.2) is 14.4 Å². The van der Waals surface area contributed by atoms with E-state index in [-0.39, 0.29) is 19.4 Å². The molecule has 2 aromatic carbocycles. The number of carboxylic acid groups (broad SMARTS) is 2. The summed E-state index contributed by atoms with van der Waals surface area (Å²) in [4.78, 5) is 37.1. The predicted octanol–water partition coefficient (Wildman–Crippen LogP) is 1.90. The van der Waals surface area contributed by atoms with Crippen LogP contribution in [-0.2, 0) is 29.0 Å². The van der Waals surface area contributed by atoms with Gasteiger partial charge in [0.05, 0.1) is 0 Å². The monoisotopic (exact) mass is 368 g/mol. The largest absolute Gasteiger partial charge is 0.480 e. The predicted molar refractivity (Wildman–Crippen MR) is 97.2 cm³/mol. The number of urea groups is 1. The Hall–Kier alpha value is -3.35. The maximum absolute atomic E-state index is 12.7. The van der Waals surface area contributed by atoms with Gasteiger partial charge in [-0.3, -0.25) is 0 Å². The van der Waals surface area contributed by atoms with Crippen molar-refractivity contribution in [2.24, 2.45) is 0 Å². The Morgan fingerprint density at radius 2 is 1.63 bits per heavy atom. The van der Waals surface area contributed by atoms with E-state index in [1.165, 1.54) is 4.90 Å². The summed E-state index contributed by atoms with van der Waals surface area (Å²) in [5.74, 6) is -2.29. The van der Waals surface area contributed by atoms with Crippen molar-refractivity contribution in [2.45, 2.75) is 31.5 Å². The minimum Gasteiger partial charge on any atom is -0.480 e. The van der Waals surface area contributed by atoms with Crippen LogP contribution in [0.1, 0.15) is 16.7 Å². The lowest BCUT2D eigenvalue weighted by atomic mass is 9.94. The van der Waals surface area contributed by atoms with Gasteiger partial charge >= 0.3 is 18.0 Å². The highest BCUT2D eigenvalue weighted by Gasteiger charge is 2.36. The van der Waals surface area contributed by atoms with Gasteiger partial charge in [-0.1, -0.05) is 54.6 Å². The first-order chi connectivity index (χ1) is 13.0. The molecule has 0 fully saturated rings. The molecule has 0 saturated heterocycles. The summed E-state index contributed by atoms with van der Waals surface area (Å²) in [6, 6.07) is 13.4. The Bertz CT molecular complexity index is 852. The maximum atomic E-state index is 12.7. The van der Waals surface area contributed by atoms with Gasteiger partial charge in [0, 0.05) is 19.4 Å². The first kappa shape index (κ1) is 18.4. The number of aliphatic carboxylic acids is 2. The average Bonchev–Trinajstić information content (AvgIpc) is 2.67. The SMILES string of the molecule is O=C(O)C(Cc1ccccc1)NC(=O)N1Cc2ccccc2CC1C(=O)O. The Balaban J connectivity index is 1.78. The molecule has 3 N–H and O–H groups in total. The number of fused-ring (bicyclic) bond motifs is 1. The topological polar surface area (TPSA) is 107 Å². The van der Waals surface area contributed by atoms with Crippen LogP contribution in [0.25, 0.3) is 0 Å². The minimum atomic E-state index is -1.17. The number of rotatable bonds is 5. The number of benzene rings is 2. The molecule has 3 rings (SSSR count). The molecule has 0 spiro atoms. The normalized spacial score (nSPS) is 16.9. The van der Waals surface area contributed by atoms with Crippen LogP contribution >= 0.6 is 0 Å². The average molecular weight is 368 g/mol. The van der Waals surface area contributed by atoms with Crippen molar-refractivity contribution >= 4 is 18.0 Å². The van der Waals surface area contributed by atoms with E-state index in [2.05, 4.69) is 5.32 Å². The number of hydrogen-bond acceptors (Lipinski definition) is 3. The van der Waals surface area contributed by atoms with E-state index < -0.39 is 30.1 Å². The molecule has 0 radical (unpaired) electrons. The first-order valence-electron chi connectivity index (χ1n) is 8.59. The fourth-order valence-electron chi connectivity index (χ4n) is 3.24. The summed E-state index contributed by atoms with van der Waals surface area (Å²) < 4.78 is 0. The van der Waals surface area contributed by atoms with Crippen molar-refractivity contribution < 1.29 is 24.6 Å². The van der Waals surface area contributed by atoms with E-state index in [0.717, 1.165) is 16.7 Å². The van der Waals surface area contributed by atoms with E-state index in [4.69, 9.17) is 0 Å². The zero-order chi connectivity index (χ0) is 19.4. The number of carboxylic acids is 2. The van der Waals surface area contributed by atoms with Crippen LogP contribution in [0.2, 0.25) is 0 Å². The molecule has 0 saturated carbocycles. The molecule has 140 valence electrons. The maximum Gasteiger partial charge on any atom is 0.326 e. The van der Waals surface area contributed by atoms with E-state index >= 15 is 0 Å². The minimum absolute atomic E-state index is 0.115. The standard InChI is InChI=1S/C20H20N2O5/c23-18(24)16(10-13-6-2-1-3-7-13)21-20(27)22-12-15-9-5-4-8-14(15)11-17(22)19(25)26/h1-9,16-17H,10-12H2,(H,21,27)(H,23,24)(H,25,26). The summed E-state index contributed by atoms with van der Waals surface area (Å²) in [6.07, 6.45) is 0.305. The smallest absolute Gasteiger partial charge is 0.326 e. The quantitative estimate of drug-likeness (QED) is 0.747. The zero-order valence-corrected chi connectivity index (χ0v) is 14.5. The van der Waals surface area contributed by atoms with Crippen molar-refractivity contribution in [1.29, 1.82) is 0 Å². The fraction of sp³-hybridized carbons (Fsp3) is 0.250. The second kappa shape index (κ2) is 7.90. The summed E-state index contributed by atoms with van der Waals surface area (Å²) in [5, 5.41) is 21.5. The lowest BCUT2D eigenvalue weighted by Crippen LogP contribution is -2.55. The van der Waals surface area contributed by atoms with Crippen molar-refractivity contribution in [2.75, 3.05) is 0 Å². The van der Waals surface area contributed by atoms with Gasteiger partial charge in [-0.15, -0.1) is 0 Å². The second-order valence-electron chi connectivity index (χ2n) is 6.48. The number of hydrogen-bond donors (Lipinski definition) is 3. The summed E-state index contributed by atoms with van der Waals surface area (Å²) in [7, 11) is 0. The van der Waals surface area contributed by atoms with E-state index in [1.807, 2.05) is 30.3 Å². The first-order valence-corrected chi connectivity index (χ1v) is 8.59. The molecule has 1 aliphatic heterocycles. The van der Waals surface area contributed by atoms with Crippen LogP contribution in [0, 0.1) is 0 Å². The highest BCUT2D eigenvalue weighted by molar-refractivity contribution is 5.87. The third-order valence-electron chi connectivity index (χ3n) is 4.67. The molecule has 27 heavy (non-hydrogen) atoms. The molecule has 2 amide bonds. The van der Waals surface area contributed by atoms with E-state index in [9.17, 15) is 24.6 Å². The van der Waals surface area contributed by atoms with Crippen molar-refractivity contribution in [3.05, 3.63) is 71.3 Å². The van der Waals surface area contributed by atoms with Gasteiger partial charge in [0.25, 0.3) is 0 Å². The molecule has 1 aliphatic rings. The van der Waals surface area contributed by atoms with Crippen LogP contribution in [0.5, 0.6) is 0 Å². The summed E-state index contributed by atoms with van der Waals surface area (Å²) in [6.45, 7) is 0.122. The lowest BCUT2D eigenvalue weighted by molar-refractivity contribution is -0.142. The van der Waals surface area contributed by atoms with Crippen LogP contribution in [0.15, 0.2) is 54.6 Å². The zero-order valence-electron chi connectivity index (χ0n) is 14.5. The van der Waals surface area contributed by atoms with Gasteiger partial charge in [-0.2, -0.15) is 0 Å². The van der Waals surface area contributed by atoms with Crippen LogP contribution < -0.4 is 5.32 Å². The molecule has 7 heteroatoms. The highest BCUT2D eigenvalue weighted by Crippen LogP contribution is 2.23. The number of carbonyl (C=O) groups excluding carboxylic acids is 1. The molecule has 2 unspecified atom stereocenters. The van der Waals surface area contributed by atoms with Gasteiger partial charge in [0.1, 0.15) is 12.1 Å². The van der Waals surface area contributed by atoms with Crippen molar-refractivity contribution in [3.8, 4) is 0 Å². The summed E-state index contributed by atoms with van der Waals surface area (Å²) in [5.41, 5.74) is 2.51. The van der Waals surface area contributed by atoms with Crippen LogP contribution in [0.3, 0.4) is 0 Å². The molecule has 0 aliphatic carbocycles. The van der Waals surface area contributed by atoms with Gasteiger partial charge in [0.2, 0.25) is 0 Å². The third-order valence-corrected chi connectivity index (χ3v) is 4.67. The number of carbonyl (C=O) groups is 3. The molecule has 7 nitrogen and oxygen atoms in total. The Morgan fingerprint density at radius 1 is 1.00 bits per heavy atom. The molecule has 2 atom stereocenters. The Kier molecular flexibility index (Phi) is 5.40.